The molecule has 0 fully saturated rings. The fourth-order valence-corrected chi connectivity index (χ4v) is 3.58. The van der Waals surface area contributed by atoms with Crippen molar-refractivity contribution in [2.45, 2.75) is 40.0 Å². The Morgan fingerprint density at radius 3 is 0.958 bits per heavy atom. The van der Waals surface area contributed by atoms with Gasteiger partial charge in [-0.2, -0.15) is 15.0 Å². The molecule has 0 aromatic carbocycles. The number of carbonyl (C=O) groups excluding carboxylic acids is 6. The van der Waals surface area contributed by atoms with E-state index in [0.717, 1.165) is 18.2 Å². The molecule has 0 unspecified atom stereocenters. The van der Waals surface area contributed by atoms with Gasteiger partial charge in [0.1, 0.15) is 19.6 Å². The van der Waals surface area contributed by atoms with Crippen LogP contribution < -0.4 is 46.6 Å². The van der Waals surface area contributed by atoms with Crippen LogP contribution in [-0.2, 0) is 28.8 Å². The molecule has 1 rings (SSSR count). The van der Waals surface area contributed by atoms with Gasteiger partial charge in [0.2, 0.25) is 53.3 Å². The summed E-state index contributed by atoms with van der Waals surface area (Å²) in [6.07, 6.45) is 5.19. The molecule has 1 heterocycles. The quantitative estimate of drug-likeness (QED) is 0.0554. The van der Waals surface area contributed by atoms with Crippen LogP contribution in [0.25, 0.3) is 0 Å². The third-order valence-corrected chi connectivity index (χ3v) is 6.06. The predicted molar refractivity (Wildman–Crippen MR) is 181 cm³/mol. The molecular weight excluding hydrogens is 624 g/mol. The van der Waals surface area contributed by atoms with Crippen LogP contribution >= 0.6 is 0 Å². The summed E-state index contributed by atoms with van der Waals surface area (Å²) in [5.74, 6) is -3.22. The van der Waals surface area contributed by atoms with Crippen molar-refractivity contribution in [3.8, 4) is 0 Å². The number of carbonyl (C=O) groups is 6. The van der Waals surface area contributed by atoms with E-state index in [2.05, 4.69) is 66.6 Å². The van der Waals surface area contributed by atoms with Crippen molar-refractivity contribution < 1.29 is 28.8 Å². The van der Waals surface area contributed by atoms with Crippen LogP contribution in [-0.4, -0.2) is 110 Å². The molecule has 1 aromatic heterocycles. The summed E-state index contributed by atoms with van der Waals surface area (Å²) in [6.45, 7) is 15.5. The van der Waals surface area contributed by atoms with E-state index in [0.29, 0.717) is 38.9 Å². The second kappa shape index (κ2) is 22.9. The first-order chi connectivity index (χ1) is 23.0. The number of anilines is 3. The minimum atomic E-state index is -0.536. The highest BCUT2D eigenvalue weighted by atomic mass is 16.2. The Morgan fingerprint density at radius 1 is 0.500 bits per heavy atom. The topological polar surface area (TPSA) is 223 Å². The normalized spacial score (nSPS) is 10.1. The molecule has 0 atom stereocenters. The first-order valence-corrected chi connectivity index (χ1v) is 15.5. The van der Waals surface area contributed by atoms with Gasteiger partial charge in [0, 0.05) is 19.6 Å². The Morgan fingerprint density at radius 2 is 0.750 bits per heavy atom. The average molecular weight is 673 g/mol. The molecule has 0 bridgehead atoms. The second-order valence-electron chi connectivity index (χ2n) is 10.1. The zero-order chi connectivity index (χ0) is 35.9. The second-order valence-corrected chi connectivity index (χ2v) is 10.1. The lowest BCUT2D eigenvalue weighted by Crippen LogP contribution is -2.47. The van der Waals surface area contributed by atoms with Crippen molar-refractivity contribution in [2.24, 2.45) is 0 Å². The van der Waals surface area contributed by atoms with Crippen LogP contribution in [0.15, 0.2) is 38.0 Å². The first-order valence-electron chi connectivity index (χ1n) is 15.5. The number of aromatic nitrogens is 3. The van der Waals surface area contributed by atoms with Crippen molar-refractivity contribution in [1.29, 1.82) is 0 Å². The molecule has 1 aromatic rings. The molecule has 0 saturated heterocycles. The zero-order valence-corrected chi connectivity index (χ0v) is 28.0. The van der Waals surface area contributed by atoms with E-state index in [1.54, 1.807) is 0 Å². The third kappa shape index (κ3) is 15.6. The maximum atomic E-state index is 12.9. The fraction of sp³-hybridized carbons (Fsp3) is 0.500. The van der Waals surface area contributed by atoms with Crippen molar-refractivity contribution in [2.75, 3.05) is 74.0 Å². The number of nitrogens with one attached hydrogen (secondary N) is 6. The number of hydrogen-bond donors (Lipinski definition) is 6. The van der Waals surface area contributed by atoms with Gasteiger partial charge in [-0.1, -0.05) is 40.5 Å². The summed E-state index contributed by atoms with van der Waals surface area (Å²) in [5.41, 5.74) is 0. The van der Waals surface area contributed by atoms with Crippen molar-refractivity contribution >= 4 is 53.3 Å². The lowest BCUT2D eigenvalue weighted by atomic mass is 10.4. The summed E-state index contributed by atoms with van der Waals surface area (Å²) >= 11 is 0. The molecule has 48 heavy (non-hydrogen) atoms. The Kier molecular flexibility index (Phi) is 19.3. The summed E-state index contributed by atoms with van der Waals surface area (Å²) in [6, 6.07) is 0. The van der Waals surface area contributed by atoms with E-state index in [4.69, 9.17) is 0 Å². The van der Waals surface area contributed by atoms with E-state index in [1.807, 2.05) is 20.8 Å². The van der Waals surface area contributed by atoms with Crippen LogP contribution in [0.3, 0.4) is 0 Å². The molecule has 0 saturated carbocycles. The predicted octanol–water partition coefficient (Wildman–Crippen LogP) is -1.35. The van der Waals surface area contributed by atoms with Gasteiger partial charge in [0.15, 0.2) is 0 Å². The largest absolute Gasteiger partial charge is 0.355 e. The Balaban J connectivity index is 3.89. The smallest absolute Gasteiger partial charge is 0.244 e. The van der Waals surface area contributed by atoms with Crippen LogP contribution in [0.1, 0.15) is 40.0 Å². The summed E-state index contributed by atoms with van der Waals surface area (Å²) < 4.78 is 0. The molecule has 6 N–H and O–H groups in total. The van der Waals surface area contributed by atoms with E-state index in [1.165, 1.54) is 14.7 Å². The van der Waals surface area contributed by atoms with Gasteiger partial charge >= 0.3 is 0 Å². The summed E-state index contributed by atoms with van der Waals surface area (Å²) in [5, 5.41) is 16.0. The highest BCUT2D eigenvalue weighted by molar-refractivity contribution is 5.88. The van der Waals surface area contributed by atoms with E-state index in [9.17, 15) is 28.8 Å². The highest BCUT2D eigenvalue weighted by Crippen LogP contribution is 2.19. The minimum Gasteiger partial charge on any atom is -0.355 e. The summed E-state index contributed by atoms with van der Waals surface area (Å²) in [7, 11) is 0. The zero-order valence-electron chi connectivity index (χ0n) is 28.0. The minimum absolute atomic E-state index is 0.131. The van der Waals surface area contributed by atoms with E-state index >= 15 is 0 Å². The van der Waals surface area contributed by atoms with Gasteiger partial charge < -0.3 is 46.6 Å². The first kappa shape index (κ1) is 40.5. The summed E-state index contributed by atoms with van der Waals surface area (Å²) in [4.78, 5) is 92.5. The fourth-order valence-electron chi connectivity index (χ4n) is 3.58. The van der Waals surface area contributed by atoms with Gasteiger partial charge in [0.25, 0.3) is 0 Å². The molecule has 0 aliphatic heterocycles. The molecular formula is C30H48N12O6. The number of amides is 6. The molecule has 0 aliphatic rings. The average Bonchev–Trinajstić information content (AvgIpc) is 3.09. The van der Waals surface area contributed by atoms with Crippen LogP contribution in [0, 0.1) is 0 Å². The van der Waals surface area contributed by atoms with Crippen molar-refractivity contribution in [3.05, 3.63) is 38.0 Å². The van der Waals surface area contributed by atoms with Crippen molar-refractivity contribution in [3.63, 3.8) is 0 Å². The maximum Gasteiger partial charge on any atom is 0.244 e. The number of nitrogens with zero attached hydrogens (tertiary/aromatic N) is 6. The molecule has 18 nitrogen and oxygen atoms in total. The SMILES string of the molecule is C=CC(=O)NCN(CC(=O)NCCC)c1nc(N(CNC(=O)C=C)CC(=O)NCCC)nc(N(CNC(=O)C=C)CC(=O)NCCC)n1. The van der Waals surface area contributed by atoms with Gasteiger partial charge in [-0.25, -0.2) is 0 Å². The molecule has 0 spiro atoms. The molecule has 0 radical (unpaired) electrons. The van der Waals surface area contributed by atoms with Gasteiger partial charge in [-0.05, 0) is 37.5 Å². The van der Waals surface area contributed by atoms with E-state index in [-0.39, 0.29) is 57.5 Å². The third-order valence-electron chi connectivity index (χ3n) is 6.06. The standard InChI is InChI=1S/C30H48N12O6/c1-7-13-31-25(46)16-40(19-34-22(43)10-4)28-37-29(41(20-35-23(44)11-5)17-26(47)32-14-8-2)39-30(38-28)42(21-36-24(45)12-6)18-27(48)33-15-9-3/h10-12H,4-9,13-21H2,1-3H3,(H,31,46)(H,32,47)(H,33,48)(H,34,43)(H,35,44)(H,36,45). The Labute approximate surface area is 280 Å². The van der Waals surface area contributed by atoms with Crippen molar-refractivity contribution in [1.82, 2.24) is 46.9 Å². The van der Waals surface area contributed by atoms with Gasteiger partial charge in [-0.15, -0.1) is 0 Å². The Hall–Kier alpha value is -5.55. The molecule has 18 heteroatoms. The maximum absolute atomic E-state index is 12.9. The van der Waals surface area contributed by atoms with Crippen LogP contribution in [0.4, 0.5) is 17.8 Å². The monoisotopic (exact) mass is 672 g/mol. The molecule has 0 aliphatic carbocycles. The lowest BCUT2D eigenvalue weighted by Gasteiger charge is -2.28. The van der Waals surface area contributed by atoms with Crippen LogP contribution in [0.2, 0.25) is 0 Å². The van der Waals surface area contributed by atoms with Gasteiger partial charge in [0.05, 0.1) is 20.0 Å². The molecule has 6 amide bonds. The van der Waals surface area contributed by atoms with Gasteiger partial charge in [-0.3, -0.25) is 28.8 Å². The highest BCUT2D eigenvalue weighted by Gasteiger charge is 2.25. The number of hydrogen-bond acceptors (Lipinski definition) is 12. The molecule has 264 valence electrons. The van der Waals surface area contributed by atoms with E-state index < -0.39 is 35.4 Å². The Bertz CT molecular complexity index is 1130. The van der Waals surface area contributed by atoms with Crippen LogP contribution in [0.5, 0.6) is 0 Å². The lowest BCUT2D eigenvalue weighted by molar-refractivity contribution is -0.120. The number of rotatable bonds is 24.